The molecule has 0 spiro atoms. The number of anilines is 1. The lowest BCUT2D eigenvalue weighted by Gasteiger charge is -2.19. The number of para-hydroxylation sites is 1. The summed E-state index contributed by atoms with van der Waals surface area (Å²) in [7, 11) is 0. The molecule has 7 heteroatoms. The minimum absolute atomic E-state index is 0.275. The van der Waals surface area contributed by atoms with E-state index in [-0.39, 0.29) is 12.2 Å². The highest BCUT2D eigenvalue weighted by molar-refractivity contribution is 9.10. The van der Waals surface area contributed by atoms with Gasteiger partial charge in [-0.15, -0.1) is 0 Å². The number of aliphatic carboxylic acids is 1. The highest BCUT2D eigenvalue weighted by Crippen LogP contribution is 2.31. The number of rotatable bonds is 6. The van der Waals surface area contributed by atoms with Crippen molar-refractivity contribution >= 4 is 45.0 Å². The van der Waals surface area contributed by atoms with Crippen molar-refractivity contribution in [2.45, 2.75) is 13.3 Å². The highest BCUT2D eigenvalue weighted by atomic mass is 79.9. The van der Waals surface area contributed by atoms with Gasteiger partial charge in [0, 0.05) is 22.2 Å². The van der Waals surface area contributed by atoms with E-state index in [1.165, 1.54) is 5.01 Å². The molecule has 1 N–H and O–H groups in total. The Hall–Kier alpha value is -2.80. The van der Waals surface area contributed by atoms with Crippen LogP contribution < -0.4 is 5.01 Å². The molecule has 0 radical (unpaired) electrons. The van der Waals surface area contributed by atoms with Crippen molar-refractivity contribution in [1.29, 1.82) is 0 Å². The Morgan fingerprint density at radius 3 is 2.37 bits per heavy atom. The van der Waals surface area contributed by atoms with Crippen LogP contribution in [0.3, 0.4) is 0 Å². The molecule has 0 saturated heterocycles. The summed E-state index contributed by atoms with van der Waals surface area (Å²) in [5, 5.41) is 15.1. The summed E-state index contributed by atoms with van der Waals surface area (Å²) < 4.78 is 0.821. The first-order valence-electron chi connectivity index (χ1n) is 8.34. The van der Waals surface area contributed by atoms with Crippen LogP contribution in [0, 0.1) is 11.8 Å². The van der Waals surface area contributed by atoms with Gasteiger partial charge in [-0.3, -0.25) is 14.4 Å². The lowest BCUT2D eigenvalue weighted by molar-refractivity contribution is -0.144. The molecule has 0 unspecified atom stereocenters. The number of amides is 1. The lowest BCUT2D eigenvalue weighted by Crippen LogP contribution is -2.37. The van der Waals surface area contributed by atoms with Crippen LogP contribution in [-0.4, -0.2) is 28.5 Å². The van der Waals surface area contributed by atoms with Crippen molar-refractivity contribution in [2.24, 2.45) is 16.9 Å². The van der Waals surface area contributed by atoms with Crippen LogP contribution in [0.25, 0.3) is 0 Å². The molecule has 0 aliphatic carbocycles. The SMILES string of the molecule is CC1=NN(c2ccccc2)C(=O)[C@H]1[C@H](CC(=O)c1ccc(Br)cc1)C(=O)O. The van der Waals surface area contributed by atoms with Crippen molar-refractivity contribution in [2.75, 3.05) is 5.01 Å². The standard InChI is InChI=1S/C20H17BrN2O4/c1-12-18(19(25)23(22-12)15-5-3-2-4-6-15)16(20(26)27)11-17(24)13-7-9-14(21)10-8-13/h2-10,16,18H,11H2,1H3,(H,26,27)/t16-,18+/m0/s1. The molecule has 0 saturated carbocycles. The van der Waals surface area contributed by atoms with Crippen molar-refractivity contribution in [1.82, 2.24) is 0 Å². The number of carbonyl (C=O) groups excluding carboxylic acids is 2. The third kappa shape index (κ3) is 3.98. The molecule has 1 aliphatic heterocycles. The van der Waals surface area contributed by atoms with Crippen molar-refractivity contribution in [3.05, 3.63) is 64.6 Å². The Kier molecular flexibility index (Phi) is 5.51. The lowest BCUT2D eigenvalue weighted by atomic mass is 9.83. The van der Waals surface area contributed by atoms with E-state index in [0.717, 1.165) is 4.47 Å². The molecule has 27 heavy (non-hydrogen) atoms. The van der Waals surface area contributed by atoms with Crippen LogP contribution in [0.4, 0.5) is 5.69 Å². The third-order valence-electron chi connectivity index (χ3n) is 4.47. The van der Waals surface area contributed by atoms with Gasteiger partial charge in [0.15, 0.2) is 5.78 Å². The Morgan fingerprint density at radius 1 is 1.15 bits per heavy atom. The topological polar surface area (TPSA) is 87.0 Å². The molecule has 2 aromatic rings. The zero-order valence-corrected chi connectivity index (χ0v) is 16.1. The van der Waals surface area contributed by atoms with Crippen molar-refractivity contribution in [3.63, 3.8) is 0 Å². The second-order valence-corrected chi connectivity index (χ2v) is 7.20. The van der Waals surface area contributed by atoms with E-state index in [1.807, 2.05) is 6.07 Å². The van der Waals surface area contributed by atoms with Crippen LogP contribution in [0.2, 0.25) is 0 Å². The molecule has 3 rings (SSSR count). The molecule has 138 valence electrons. The second-order valence-electron chi connectivity index (χ2n) is 6.28. The van der Waals surface area contributed by atoms with E-state index >= 15 is 0 Å². The maximum atomic E-state index is 12.9. The molecule has 0 aromatic heterocycles. The number of carbonyl (C=O) groups is 3. The Balaban J connectivity index is 1.84. The number of Topliss-reactive ketones (excluding diaryl/α,β-unsaturated/α-hetero) is 1. The maximum absolute atomic E-state index is 12.9. The average molecular weight is 429 g/mol. The molecule has 0 bridgehead atoms. The van der Waals surface area contributed by atoms with Gasteiger partial charge in [-0.1, -0.05) is 46.3 Å². The summed E-state index contributed by atoms with van der Waals surface area (Å²) in [5.74, 6) is -4.10. The van der Waals surface area contributed by atoms with Gasteiger partial charge < -0.3 is 5.11 Å². The van der Waals surface area contributed by atoms with Gasteiger partial charge in [0.25, 0.3) is 5.91 Å². The Morgan fingerprint density at radius 2 is 1.78 bits per heavy atom. The van der Waals surface area contributed by atoms with Crippen LogP contribution in [0.1, 0.15) is 23.7 Å². The van der Waals surface area contributed by atoms with Gasteiger partial charge in [0.1, 0.15) is 0 Å². The maximum Gasteiger partial charge on any atom is 0.308 e. The predicted molar refractivity (Wildman–Crippen MR) is 105 cm³/mol. The monoisotopic (exact) mass is 428 g/mol. The summed E-state index contributed by atoms with van der Waals surface area (Å²) in [4.78, 5) is 37.3. The van der Waals surface area contributed by atoms with E-state index < -0.39 is 23.7 Å². The molecule has 0 fully saturated rings. The number of hydrazone groups is 1. The molecule has 2 atom stereocenters. The smallest absolute Gasteiger partial charge is 0.308 e. The molecule has 2 aromatic carbocycles. The fourth-order valence-corrected chi connectivity index (χ4v) is 3.36. The molecule has 6 nitrogen and oxygen atoms in total. The third-order valence-corrected chi connectivity index (χ3v) is 5.00. The first kappa shape index (κ1) is 19.0. The molecule has 1 aliphatic rings. The summed E-state index contributed by atoms with van der Waals surface area (Å²) in [5.41, 5.74) is 1.36. The van der Waals surface area contributed by atoms with Gasteiger partial charge in [0.05, 0.1) is 17.5 Å². The number of halogens is 1. The normalized spacial score (nSPS) is 17.6. The summed E-state index contributed by atoms with van der Waals surface area (Å²) in [6, 6.07) is 15.5. The fourth-order valence-electron chi connectivity index (χ4n) is 3.10. The van der Waals surface area contributed by atoms with Crippen LogP contribution in [0.5, 0.6) is 0 Å². The van der Waals surface area contributed by atoms with Gasteiger partial charge in [-0.2, -0.15) is 5.10 Å². The quantitative estimate of drug-likeness (QED) is 0.709. The van der Waals surface area contributed by atoms with E-state index in [4.69, 9.17) is 0 Å². The molecular formula is C20H17BrN2O4. The van der Waals surface area contributed by atoms with Crippen LogP contribution >= 0.6 is 15.9 Å². The number of carboxylic acid groups (broad SMARTS) is 1. The van der Waals surface area contributed by atoms with Crippen LogP contribution in [0.15, 0.2) is 64.2 Å². The van der Waals surface area contributed by atoms with Gasteiger partial charge in [-0.05, 0) is 31.2 Å². The van der Waals surface area contributed by atoms with Crippen molar-refractivity contribution < 1.29 is 19.5 Å². The van der Waals surface area contributed by atoms with E-state index in [9.17, 15) is 19.5 Å². The molecule has 1 heterocycles. The largest absolute Gasteiger partial charge is 0.481 e. The molecule has 1 amide bonds. The average Bonchev–Trinajstić information content (AvgIpc) is 2.95. The minimum atomic E-state index is -1.19. The number of hydrogen-bond donors (Lipinski definition) is 1. The fraction of sp³-hybridized carbons (Fsp3) is 0.200. The number of nitrogens with zero attached hydrogens (tertiary/aromatic N) is 2. The zero-order chi connectivity index (χ0) is 19.6. The van der Waals surface area contributed by atoms with Crippen LogP contribution in [-0.2, 0) is 9.59 Å². The summed E-state index contributed by atoms with van der Waals surface area (Å²) in [6.07, 6.45) is -0.275. The number of benzene rings is 2. The minimum Gasteiger partial charge on any atom is -0.481 e. The summed E-state index contributed by atoms with van der Waals surface area (Å²) in [6.45, 7) is 1.62. The molecular weight excluding hydrogens is 412 g/mol. The van der Waals surface area contributed by atoms with E-state index in [1.54, 1.807) is 55.5 Å². The predicted octanol–water partition coefficient (Wildman–Crippen LogP) is 3.76. The Bertz CT molecular complexity index is 909. The van der Waals surface area contributed by atoms with E-state index in [0.29, 0.717) is 17.0 Å². The van der Waals surface area contributed by atoms with E-state index in [2.05, 4.69) is 21.0 Å². The van der Waals surface area contributed by atoms with Gasteiger partial charge >= 0.3 is 5.97 Å². The number of carboxylic acids is 1. The first-order chi connectivity index (χ1) is 12.9. The number of hydrogen-bond acceptors (Lipinski definition) is 4. The van der Waals surface area contributed by atoms with Crippen molar-refractivity contribution in [3.8, 4) is 0 Å². The van der Waals surface area contributed by atoms with Gasteiger partial charge in [0.2, 0.25) is 0 Å². The summed E-state index contributed by atoms with van der Waals surface area (Å²) >= 11 is 3.30. The zero-order valence-electron chi connectivity index (χ0n) is 14.5. The highest BCUT2D eigenvalue weighted by Gasteiger charge is 2.44. The first-order valence-corrected chi connectivity index (χ1v) is 9.13. The number of ketones is 1. The Labute approximate surface area is 164 Å². The second kappa shape index (κ2) is 7.84. The van der Waals surface area contributed by atoms with Gasteiger partial charge in [-0.25, -0.2) is 5.01 Å².